The van der Waals surface area contributed by atoms with Crippen molar-refractivity contribution in [1.82, 2.24) is 0 Å². The Bertz CT molecular complexity index is 171. The van der Waals surface area contributed by atoms with Crippen LogP contribution in [0.4, 0.5) is 0 Å². The molecule has 0 heteroatoms. The summed E-state index contributed by atoms with van der Waals surface area (Å²) >= 11 is 0. The van der Waals surface area contributed by atoms with E-state index in [4.69, 9.17) is 0 Å². The Hall–Kier alpha value is 0. The Morgan fingerprint density at radius 3 is 2.25 bits per heavy atom. The van der Waals surface area contributed by atoms with Crippen LogP contribution in [0.25, 0.3) is 0 Å². The van der Waals surface area contributed by atoms with E-state index in [1.165, 1.54) is 6.42 Å². The summed E-state index contributed by atoms with van der Waals surface area (Å²) in [6.07, 6.45) is 2.94. The van der Waals surface area contributed by atoms with Crippen molar-refractivity contribution < 1.29 is 0 Å². The van der Waals surface area contributed by atoms with Crippen LogP contribution >= 0.6 is 0 Å². The van der Waals surface area contributed by atoms with Gasteiger partial charge in [0, 0.05) is 0 Å². The molecule has 6 atom stereocenters. The Labute approximate surface area is 76.7 Å². The van der Waals surface area contributed by atoms with Crippen LogP contribution in [0.2, 0.25) is 0 Å². The molecule has 0 heterocycles. The number of fused-ring (bicyclic) bond motifs is 1. The van der Waals surface area contributed by atoms with Gasteiger partial charge in [-0.15, -0.1) is 0 Å². The molecular formula is C12H22. The van der Waals surface area contributed by atoms with Crippen molar-refractivity contribution in [1.29, 1.82) is 0 Å². The number of rotatable bonds is 2. The van der Waals surface area contributed by atoms with Gasteiger partial charge in [-0.1, -0.05) is 34.1 Å². The van der Waals surface area contributed by atoms with E-state index in [-0.39, 0.29) is 0 Å². The van der Waals surface area contributed by atoms with Gasteiger partial charge in [0.2, 0.25) is 0 Å². The Morgan fingerprint density at radius 2 is 1.83 bits per heavy atom. The average Bonchev–Trinajstić information content (AvgIpc) is 2.78. The molecule has 0 amide bonds. The maximum Gasteiger partial charge on any atom is -0.0329 e. The molecule has 0 saturated heterocycles. The first-order chi connectivity index (χ1) is 5.66. The van der Waals surface area contributed by atoms with E-state index in [1.54, 1.807) is 6.42 Å². The molecule has 2 saturated carbocycles. The molecule has 0 N–H and O–H groups in total. The van der Waals surface area contributed by atoms with E-state index in [1.807, 2.05) is 0 Å². The summed E-state index contributed by atoms with van der Waals surface area (Å²) in [5.41, 5.74) is 0. The monoisotopic (exact) mass is 166 g/mol. The second kappa shape index (κ2) is 2.75. The molecule has 0 aromatic heterocycles. The van der Waals surface area contributed by atoms with E-state index in [9.17, 15) is 0 Å². The molecule has 2 aliphatic carbocycles. The lowest BCUT2D eigenvalue weighted by atomic mass is 9.78. The summed E-state index contributed by atoms with van der Waals surface area (Å²) in [4.78, 5) is 0. The van der Waals surface area contributed by atoms with Crippen molar-refractivity contribution in [3.8, 4) is 0 Å². The van der Waals surface area contributed by atoms with Crippen LogP contribution in [0.3, 0.4) is 0 Å². The molecule has 0 bridgehead atoms. The maximum absolute atomic E-state index is 2.48. The van der Waals surface area contributed by atoms with Gasteiger partial charge in [-0.25, -0.2) is 0 Å². The van der Waals surface area contributed by atoms with Crippen molar-refractivity contribution in [2.24, 2.45) is 35.5 Å². The summed E-state index contributed by atoms with van der Waals surface area (Å²) in [6.45, 7) is 9.75. The lowest BCUT2D eigenvalue weighted by Crippen LogP contribution is -2.20. The standard InChI is InChI=1S/C12H22/c1-5-7(2)12-9(4)8(3)10-6-11(10)12/h7-12H,5-6H2,1-4H3/t7-,8?,9?,10?,11+,12?/m1/s1. The van der Waals surface area contributed by atoms with Gasteiger partial charge in [-0.3, -0.25) is 0 Å². The fourth-order valence-electron chi connectivity index (χ4n) is 3.63. The van der Waals surface area contributed by atoms with Gasteiger partial charge >= 0.3 is 0 Å². The summed E-state index contributed by atoms with van der Waals surface area (Å²) in [6, 6.07) is 0. The van der Waals surface area contributed by atoms with Gasteiger partial charge in [0.05, 0.1) is 0 Å². The van der Waals surface area contributed by atoms with E-state index in [2.05, 4.69) is 27.7 Å². The first kappa shape index (κ1) is 8.59. The lowest BCUT2D eigenvalue weighted by Gasteiger charge is -2.27. The zero-order valence-electron chi connectivity index (χ0n) is 8.88. The second-order valence-electron chi connectivity index (χ2n) is 5.24. The Kier molecular flexibility index (Phi) is 1.97. The molecule has 70 valence electrons. The summed E-state index contributed by atoms with van der Waals surface area (Å²) in [7, 11) is 0. The third-order valence-corrected chi connectivity index (χ3v) is 4.80. The summed E-state index contributed by atoms with van der Waals surface area (Å²) in [5, 5.41) is 0. The zero-order chi connectivity index (χ0) is 8.88. The maximum atomic E-state index is 2.48. The van der Waals surface area contributed by atoms with E-state index in [0.29, 0.717) is 0 Å². The average molecular weight is 166 g/mol. The van der Waals surface area contributed by atoms with Crippen LogP contribution in [-0.4, -0.2) is 0 Å². The highest BCUT2D eigenvalue weighted by molar-refractivity contribution is 5.05. The van der Waals surface area contributed by atoms with Crippen LogP contribution in [0.15, 0.2) is 0 Å². The third kappa shape index (κ3) is 1.03. The third-order valence-electron chi connectivity index (χ3n) is 4.80. The highest BCUT2D eigenvalue weighted by Crippen LogP contribution is 2.63. The molecule has 0 nitrogen and oxygen atoms in total. The second-order valence-corrected chi connectivity index (χ2v) is 5.24. The topological polar surface area (TPSA) is 0 Å². The molecule has 0 aromatic carbocycles. The predicted octanol–water partition coefficient (Wildman–Crippen LogP) is 3.57. The molecule has 2 fully saturated rings. The SMILES string of the molecule is CC[C@@H](C)C1C(C)C(C)C2C[C@@H]21. The van der Waals surface area contributed by atoms with Crippen LogP contribution in [0.1, 0.15) is 40.5 Å². The van der Waals surface area contributed by atoms with Gasteiger partial charge in [-0.05, 0) is 41.9 Å². The summed E-state index contributed by atoms with van der Waals surface area (Å²) in [5.74, 6) is 6.32. The van der Waals surface area contributed by atoms with E-state index < -0.39 is 0 Å². The van der Waals surface area contributed by atoms with Crippen LogP contribution < -0.4 is 0 Å². The first-order valence-corrected chi connectivity index (χ1v) is 5.66. The quantitative estimate of drug-likeness (QED) is 0.588. The van der Waals surface area contributed by atoms with Crippen LogP contribution in [0.5, 0.6) is 0 Å². The van der Waals surface area contributed by atoms with Crippen LogP contribution in [0, 0.1) is 35.5 Å². The van der Waals surface area contributed by atoms with Gasteiger partial charge in [-0.2, -0.15) is 0 Å². The molecule has 2 aliphatic rings. The molecular weight excluding hydrogens is 144 g/mol. The lowest BCUT2D eigenvalue weighted by molar-refractivity contribution is 0.217. The molecule has 0 aromatic rings. The molecule has 0 aliphatic heterocycles. The van der Waals surface area contributed by atoms with Crippen molar-refractivity contribution in [2.75, 3.05) is 0 Å². The van der Waals surface area contributed by atoms with Crippen molar-refractivity contribution in [3.63, 3.8) is 0 Å². The minimum absolute atomic E-state index is 0.972. The smallest absolute Gasteiger partial charge is 0.0329 e. The van der Waals surface area contributed by atoms with E-state index >= 15 is 0 Å². The largest absolute Gasteiger partial charge is 0.0651 e. The molecule has 4 unspecified atom stereocenters. The van der Waals surface area contributed by atoms with E-state index in [0.717, 1.165) is 35.5 Å². The van der Waals surface area contributed by atoms with Crippen molar-refractivity contribution in [3.05, 3.63) is 0 Å². The minimum atomic E-state index is 0.972. The predicted molar refractivity (Wildman–Crippen MR) is 52.9 cm³/mol. The summed E-state index contributed by atoms with van der Waals surface area (Å²) < 4.78 is 0. The number of hydrogen-bond donors (Lipinski definition) is 0. The Morgan fingerprint density at radius 1 is 1.17 bits per heavy atom. The van der Waals surface area contributed by atoms with Crippen LogP contribution in [-0.2, 0) is 0 Å². The first-order valence-electron chi connectivity index (χ1n) is 5.66. The van der Waals surface area contributed by atoms with Gasteiger partial charge in [0.1, 0.15) is 0 Å². The van der Waals surface area contributed by atoms with Crippen molar-refractivity contribution in [2.45, 2.75) is 40.5 Å². The molecule has 0 radical (unpaired) electrons. The minimum Gasteiger partial charge on any atom is -0.0651 e. The zero-order valence-corrected chi connectivity index (χ0v) is 8.88. The fraction of sp³-hybridized carbons (Fsp3) is 1.00. The highest BCUT2D eigenvalue weighted by Gasteiger charge is 2.56. The van der Waals surface area contributed by atoms with Crippen molar-refractivity contribution >= 4 is 0 Å². The van der Waals surface area contributed by atoms with Gasteiger partial charge < -0.3 is 0 Å². The highest BCUT2D eigenvalue weighted by atomic mass is 14.6. The molecule has 0 spiro atoms. The molecule has 12 heavy (non-hydrogen) atoms. The number of hydrogen-bond acceptors (Lipinski definition) is 0. The Balaban J connectivity index is 2.06. The fourth-order valence-corrected chi connectivity index (χ4v) is 3.63. The normalized spacial score (nSPS) is 53.5. The molecule has 2 rings (SSSR count). The van der Waals surface area contributed by atoms with Gasteiger partial charge in [0.25, 0.3) is 0 Å². The van der Waals surface area contributed by atoms with Gasteiger partial charge in [0.15, 0.2) is 0 Å².